The van der Waals surface area contributed by atoms with Gasteiger partial charge >= 0.3 is 0 Å². The normalized spacial score (nSPS) is 20.5. The molecule has 106 valence electrons. The van der Waals surface area contributed by atoms with Gasteiger partial charge in [-0.25, -0.2) is 8.42 Å². The van der Waals surface area contributed by atoms with E-state index < -0.39 is 9.84 Å². The van der Waals surface area contributed by atoms with E-state index in [0.29, 0.717) is 12.3 Å². The summed E-state index contributed by atoms with van der Waals surface area (Å²) in [4.78, 5) is 2.41. The van der Waals surface area contributed by atoms with Crippen LogP contribution in [0.3, 0.4) is 0 Å². The summed E-state index contributed by atoms with van der Waals surface area (Å²) in [7, 11) is -3.21. The molecular weight excluding hydrogens is 264 g/mol. The predicted molar refractivity (Wildman–Crippen MR) is 76.2 cm³/mol. The fraction of sp³-hybridized carbons (Fsp3) is 0.538. The van der Waals surface area contributed by atoms with E-state index >= 15 is 0 Å². The van der Waals surface area contributed by atoms with Gasteiger partial charge in [0, 0.05) is 19.3 Å². The Morgan fingerprint density at radius 3 is 2.79 bits per heavy atom. The van der Waals surface area contributed by atoms with E-state index in [9.17, 15) is 8.42 Å². The number of benzene rings is 1. The lowest BCUT2D eigenvalue weighted by Gasteiger charge is -2.34. The van der Waals surface area contributed by atoms with Crippen molar-refractivity contribution in [3.05, 3.63) is 18.2 Å². The largest absolute Gasteiger partial charge is 0.397 e. The van der Waals surface area contributed by atoms with Crippen molar-refractivity contribution >= 4 is 21.2 Å². The van der Waals surface area contributed by atoms with Gasteiger partial charge in [-0.1, -0.05) is 6.92 Å². The van der Waals surface area contributed by atoms with Crippen LogP contribution in [-0.4, -0.2) is 40.5 Å². The Kier molecular flexibility index (Phi) is 4.01. The Morgan fingerprint density at radius 1 is 1.47 bits per heavy atom. The molecule has 5 nitrogen and oxygen atoms in total. The standard InChI is InChI=1S/C13H20N2O3S/c1-3-10-9-15(6-7-18-10)13-5-4-11(8-12(13)14)19(2,16)17/h4-5,8,10H,3,6-7,9,14H2,1-2H3. The number of ether oxygens (including phenoxy) is 1. The van der Waals surface area contributed by atoms with Crippen LogP contribution >= 0.6 is 0 Å². The van der Waals surface area contributed by atoms with Gasteiger partial charge in [-0.15, -0.1) is 0 Å². The van der Waals surface area contributed by atoms with Gasteiger partial charge in [-0.05, 0) is 24.6 Å². The van der Waals surface area contributed by atoms with Gasteiger partial charge in [0.1, 0.15) is 0 Å². The van der Waals surface area contributed by atoms with Crippen LogP contribution in [0.2, 0.25) is 0 Å². The van der Waals surface area contributed by atoms with Gasteiger partial charge in [-0.2, -0.15) is 0 Å². The van der Waals surface area contributed by atoms with Gasteiger partial charge in [0.05, 0.1) is 29.0 Å². The van der Waals surface area contributed by atoms with E-state index in [-0.39, 0.29) is 11.0 Å². The molecule has 1 saturated heterocycles. The van der Waals surface area contributed by atoms with Crippen molar-refractivity contribution in [2.45, 2.75) is 24.3 Å². The number of nitrogen functional groups attached to an aromatic ring is 1. The molecule has 0 aromatic heterocycles. The number of anilines is 2. The molecule has 1 aliphatic heterocycles. The zero-order chi connectivity index (χ0) is 14.0. The van der Waals surface area contributed by atoms with E-state index in [1.807, 2.05) is 0 Å². The molecule has 2 rings (SSSR count). The first kappa shape index (κ1) is 14.1. The van der Waals surface area contributed by atoms with Crippen molar-refractivity contribution in [3.63, 3.8) is 0 Å². The summed E-state index contributed by atoms with van der Waals surface area (Å²) in [5.74, 6) is 0. The Morgan fingerprint density at radius 2 is 2.21 bits per heavy atom. The maximum atomic E-state index is 11.5. The molecule has 1 fully saturated rings. The van der Waals surface area contributed by atoms with E-state index in [1.165, 1.54) is 12.3 Å². The minimum absolute atomic E-state index is 0.211. The molecule has 1 atom stereocenters. The number of rotatable bonds is 3. The molecule has 1 heterocycles. The summed E-state index contributed by atoms with van der Waals surface area (Å²) in [6.07, 6.45) is 2.35. The average Bonchev–Trinajstić information content (AvgIpc) is 2.37. The maximum Gasteiger partial charge on any atom is 0.175 e. The van der Waals surface area contributed by atoms with Crippen LogP contribution < -0.4 is 10.6 Å². The van der Waals surface area contributed by atoms with Crippen LogP contribution in [0.5, 0.6) is 0 Å². The first-order chi connectivity index (χ1) is 8.91. The number of hydrogen-bond donors (Lipinski definition) is 1. The van der Waals surface area contributed by atoms with E-state index in [0.717, 1.165) is 25.2 Å². The lowest BCUT2D eigenvalue weighted by atomic mass is 10.2. The van der Waals surface area contributed by atoms with Crippen LogP contribution in [0.4, 0.5) is 11.4 Å². The quantitative estimate of drug-likeness (QED) is 0.847. The SMILES string of the molecule is CCC1CN(c2ccc(S(C)(=O)=O)cc2N)CCO1. The molecule has 0 bridgehead atoms. The Bertz CT molecular complexity index is 557. The first-order valence-corrected chi connectivity index (χ1v) is 8.27. The number of hydrogen-bond acceptors (Lipinski definition) is 5. The molecule has 1 aliphatic rings. The molecule has 0 amide bonds. The summed E-state index contributed by atoms with van der Waals surface area (Å²) in [5.41, 5.74) is 7.37. The monoisotopic (exact) mass is 284 g/mol. The second-order valence-electron chi connectivity index (χ2n) is 4.84. The molecule has 0 aliphatic carbocycles. The Balaban J connectivity index is 2.26. The van der Waals surface area contributed by atoms with Crippen LogP contribution in [0.15, 0.2) is 23.1 Å². The highest BCUT2D eigenvalue weighted by atomic mass is 32.2. The van der Waals surface area contributed by atoms with Crippen molar-refractivity contribution < 1.29 is 13.2 Å². The second kappa shape index (κ2) is 5.38. The summed E-state index contributed by atoms with van der Waals surface area (Å²) in [6.45, 7) is 4.33. The summed E-state index contributed by atoms with van der Waals surface area (Å²) >= 11 is 0. The van der Waals surface area contributed by atoms with Crippen LogP contribution in [0.1, 0.15) is 13.3 Å². The molecule has 19 heavy (non-hydrogen) atoms. The Labute approximate surface area is 114 Å². The average molecular weight is 284 g/mol. The number of sulfone groups is 1. The molecule has 6 heteroatoms. The third-order valence-corrected chi connectivity index (χ3v) is 4.47. The maximum absolute atomic E-state index is 11.5. The third kappa shape index (κ3) is 3.19. The summed E-state index contributed by atoms with van der Waals surface area (Å²) in [6, 6.07) is 4.92. The van der Waals surface area contributed by atoms with Gasteiger partial charge < -0.3 is 15.4 Å². The van der Waals surface area contributed by atoms with Crippen molar-refractivity contribution in [2.24, 2.45) is 0 Å². The number of morpholine rings is 1. The zero-order valence-corrected chi connectivity index (χ0v) is 12.1. The van der Waals surface area contributed by atoms with E-state index in [2.05, 4.69) is 11.8 Å². The summed E-state index contributed by atoms with van der Waals surface area (Å²) in [5, 5.41) is 0. The van der Waals surface area contributed by atoms with Crippen molar-refractivity contribution in [1.82, 2.24) is 0 Å². The number of nitrogens with zero attached hydrogens (tertiary/aromatic N) is 1. The zero-order valence-electron chi connectivity index (χ0n) is 11.3. The molecule has 0 saturated carbocycles. The van der Waals surface area contributed by atoms with Crippen molar-refractivity contribution in [1.29, 1.82) is 0 Å². The van der Waals surface area contributed by atoms with Crippen molar-refractivity contribution in [2.75, 3.05) is 36.6 Å². The van der Waals surface area contributed by atoms with Crippen LogP contribution in [0, 0.1) is 0 Å². The molecule has 1 aromatic carbocycles. The Hall–Kier alpha value is -1.27. The predicted octanol–water partition coefficient (Wildman–Crippen LogP) is 1.29. The minimum atomic E-state index is -3.21. The highest BCUT2D eigenvalue weighted by Gasteiger charge is 2.21. The topological polar surface area (TPSA) is 72.6 Å². The van der Waals surface area contributed by atoms with E-state index in [4.69, 9.17) is 10.5 Å². The van der Waals surface area contributed by atoms with Gasteiger partial charge in [0.2, 0.25) is 0 Å². The third-order valence-electron chi connectivity index (χ3n) is 3.36. The molecule has 1 unspecified atom stereocenters. The smallest absolute Gasteiger partial charge is 0.175 e. The molecule has 0 radical (unpaired) electrons. The molecule has 2 N–H and O–H groups in total. The van der Waals surface area contributed by atoms with Crippen LogP contribution in [0.25, 0.3) is 0 Å². The van der Waals surface area contributed by atoms with Gasteiger partial charge in [0.25, 0.3) is 0 Å². The van der Waals surface area contributed by atoms with E-state index in [1.54, 1.807) is 12.1 Å². The number of nitrogens with two attached hydrogens (primary N) is 1. The lowest BCUT2D eigenvalue weighted by molar-refractivity contribution is 0.0385. The second-order valence-corrected chi connectivity index (χ2v) is 6.86. The molecule has 0 spiro atoms. The first-order valence-electron chi connectivity index (χ1n) is 6.38. The van der Waals surface area contributed by atoms with Crippen molar-refractivity contribution in [3.8, 4) is 0 Å². The highest BCUT2D eigenvalue weighted by Crippen LogP contribution is 2.28. The summed E-state index contributed by atoms with van der Waals surface area (Å²) < 4.78 is 28.6. The van der Waals surface area contributed by atoms with Gasteiger partial charge in [0.15, 0.2) is 9.84 Å². The fourth-order valence-corrected chi connectivity index (χ4v) is 2.89. The highest BCUT2D eigenvalue weighted by molar-refractivity contribution is 7.90. The fourth-order valence-electron chi connectivity index (χ4n) is 2.24. The van der Waals surface area contributed by atoms with Crippen LogP contribution in [-0.2, 0) is 14.6 Å². The molecular formula is C13H20N2O3S. The molecule has 1 aromatic rings. The van der Waals surface area contributed by atoms with Gasteiger partial charge in [-0.3, -0.25) is 0 Å². The lowest BCUT2D eigenvalue weighted by Crippen LogP contribution is -2.42. The minimum Gasteiger partial charge on any atom is -0.397 e.